The molecule has 1 N–H and O–H groups in total. The van der Waals surface area contributed by atoms with Gasteiger partial charge in [-0.1, -0.05) is 19.8 Å². The molecule has 2 atom stereocenters. The lowest BCUT2D eigenvalue weighted by atomic mass is 9.86. The number of carbonyl (C=O) groups is 1. The Kier molecular flexibility index (Phi) is 5.40. The number of carbonyl (C=O) groups excluding carboxylic acids is 1. The van der Waals surface area contributed by atoms with Crippen LogP contribution in [-0.4, -0.2) is 17.7 Å². The zero-order valence-corrected chi connectivity index (χ0v) is 12.3. The van der Waals surface area contributed by atoms with Crippen LogP contribution >= 0.6 is 11.8 Å². The van der Waals surface area contributed by atoms with E-state index in [1.54, 1.807) is 0 Å². The van der Waals surface area contributed by atoms with E-state index < -0.39 is 11.6 Å². The first-order valence-corrected chi connectivity index (χ1v) is 7.92. The SMILES string of the molecule is C[C@@H]1CCCC[C@H]1NC(=O)CSc1ccc(F)cc1F. The number of hydrogen-bond acceptors (Lipinski definition) is 2. The van der Waals surface area contributed by atoms with E-state index in [1.807, 2.05) is 0 Å². The number of nitrogens with one attached hydrogen (secondary N) is 1. The van der Waals surface area contributed by atoms with Gasteiger partial charge in [-0.15, -0.1) is 11.8 Å². The maximum Gasteiger partial charge on any atom is 0.230 e. The smallest absolute Gasteiger partial charge is 0.230 e. The van der Waals surface area contributed by atoms with Gasteiger partial charge in [0.2, 0.25) is 5.91 Å². The molecule has 1 aliphatic carbocycles. The lowest BCUT2D eigenvalue weighted by molar-refractivity contribution is -0.119. The van der Waals surface area contributed by atoms with Crippen molar-refractivity contribution in [1.82, 2.24) is 5.32 Å². The first-order chi connectivity index (χ1) is 9.56. The summed E-state index contributed by atoms with van der Waals surface area (Å²) in [5, 5.41) is 3.01. The van der Waals surface area contributed by atoms with E-state index in [-0.39, 0.29) is 17.7 Å². The lowest BCUT2D eigenvalue weighted by Gasteiger charge is -2.29. The maximum absolute atomic E-state index is 13.4. The third-order valence-corrected chi connectivity index (χ3v) is 4.76. The van der Waals surface area contributed by atoms with Crippen LogP contribution in [0.25, 0.3) is 0 Å². The van der Waals surface area contributed by atoms with E-state index in [9.17, 15) is 13.6 Å². The van der Waals surface area contributed by atoms with Gasteiger partial charge in [-0.2, -0.15) is 0 Å². The van der Waals surface area contributed by atoms with E-state index in [2.05, 4.69) is 12.2 Å². The van der Waals surface area contributed by atoms with Gasteiger partial charge in [0.25, 0.3) is 0 Å². The van der Waals surface area contributed by atoms with Gasteiger partial charge in [-0.25, -0.2) is 8.78 Å². The molecule has 0 aliphatic heterocycles. The number of hydrogen-bond donors (Lipinski definition) is 1. The fraction of sp³-hybridized carbons (Fsp3) is 0.533. The maximum atomic E-state index is 13.4. The first-order valence-electron chi connectivity index (χ1n) is 6.93. The van der Waals surface area contributed by atoms with Gasteiger partial charge >= 0.3 is 0 Å². The van der Waals surface area contributed by atoms with Crippen LogP contribution in [0.3, 0.4) is 0 Å². The van der Waals surface area contributed by atoms with Crippen molar-refractivity contribution in [2.75, 3.05) is 5.75 Å². The second-order valence-corrected chi connectivity index (χ2v) is 6.32. The summed E-state index contributed by atoms with van der Waals surface area (Å²) < 4.78 is 26.2. The molecule has 0 saturated heterocycles. The summed E-state index contributed by atoms with van der Waals surface area (Å²) in [5.41, 5.74) is 0. The van der Waals surface area contributed by atoms with Crippen molar-refractivity contribution in [3.8, 4) is 0 Å². The molecule has 1 aromatic carbocycles. The summed E-state index contributed by atoms with van der Waals surface area (Å²) in [6, 6.07) is 3.64. The minimum absolute atomic E-state index is 0.0857. The molecule has 1 aliphatic rings. The van der Waals surface area contributed by atoms with Crippen molar-refractivity contribution in [2.24, 2.45) is 5.92 Å². The van der Waals surface area contributed by atoms with Crippen LogP contribution < -0.4 is 5.32 Å². The average molecular weight is 299 g/mol. The van der Waals surface area contributed by atoms with Crippen LogP contribution in [0.15, 0.2) is 23.1 Å². The van der Waals surface area contributed by atoms with Crippen LogP contribution in [0.1, 0.15) is 32.6 Å². The summed E-state index contributed by atoms with van der Waals surface area (Å²) in [6.45, 7) is 2.15. The van der Waals surface area contributed by atoms with Crippen molar-refractivity contribution in [3.05, 3.63) is 29.8 Å². The fourth-order valence-corrected chi connectivity index (χ4v) is 3.25. The third-order valence-electron chi connectivity index (χ3n) is 3.71. The summed E-state index contributed by atoms with van der Waals surface area (Å²) >= 11 is 1.10. The Labute approximate surface area is 122 Å². The Hall–Kier alpha value is -1.10. The molecule has 0 spiro atoms. The molecule has 0 unspecified atom stereocenters. The number of amides is 1. The van der Waals surface area contributed by atoms with E-state index >= 15 is 0 Å². The van der Waals surface area contributed by atoms with Crippen LogP contribution in [0.4, 0.5) is 8.78 Å². The van der Waals surface area contributed by atoms with Crippen LogP contribution in [0.5, 0.6) is 0 Å². The zero-order valence-electron chi connectivity index (χ0n) is 11.5. The van der Waals surface area contributed by atoms with Gasteiger partial charge in [0.05, 0.1) is 5.75 Å². The predicted octanol–water partition coefficient (Wildman–Crippen LogP) is 3.75. The van der Waals surface area contributed by atoms with E-state index in [4.69, 9.17) is 0 Å². The van der Waals surface area contributed by atoms with Gasteiger partial charge < -0.3 is 5.32 Å². The molecule has 0 radical (unpaired) electrons. The Morgan fingerprint density at radius 2 is 2.10 bits per heavy atom. The zero-order chi connectivity index (χ0) is 14.5. The van der Waals surface area contributed by atoms with Crippen LogP contribution in [0.2, 0.25) is 0 Å². The number of halogens is 2. The first kappa shape index (κ1) is 15.3. The van der Waals surface area contributed by atoms with Gasteiger partial charge in [0.15, 0.2) is 0 Å². The molecule has 0 aromatic heterocycles. The van der Waals surface area contributed by atoms with Crippen molar-refractivity contribution in [3.63, 3.8) is 0 Å². The van der Waals surface area contributed by atoms with Crippen molar-refractivity contribution >= 4 is 17.7 Å². The molecule has 1 saturated carbocycles. The highest BCUT2D eigenvalue weighted by Gasteiger charge is 2.22. The van der Waals surface area contributed by atoms with E-state index in [0.717, 1.165) is 37.1 Å². The normalized spacial score (nSPS) is 22.6. The fourth-order valence-electron chi connectivity index (χ4n) is 2.51. The molecule has 1 fully saturated rings. The minimum atomic E-state index is -0.617. The largest absolute Gasteiger partial charge is 0.352 e. The monoisotopic (exact) mass is 299 g/mol. The molecule has 110 valence electrons. The van der Waals surface area contributed by atoms with Crippen molar-refractivity contribution < 1.29 is 13.6 Å². The second kappa shape index (κ2) is 7.07. The predicted molar refractivity (Wildman–Crippen MR) is 76.6 cm³/mol. The standard InChI is InChI=1S/C15H19F2NOS/c1-10-4-2-3-5-13(10)18-15(19)9-20-14-7-6-11(16)8-12(14)17/h6-8,10,13H,2-5,9H2,1H3,(H,18,19)/t10-,13-/m1/s1. The molecule has 1 amide bonds. The molecule has 0 heterocycles. The van der Waals surface area contributed by atoms with Crippen molar-refractivity contribution in [2.45, 2.75) is 43.5 Å². The number of benzene rings is 1. The highest BCUT2D eigenvalue weighted by molar-refractivity contribution is 8.00. The molecule has 2 rings (SSSR count). The number of thioether (sulfide) groups is 1. The lowest BCUT2D eigenvalue weighted by Crippen LogP contribution is -2.41. The highest BCUT2D eigenvalue weighted by Crippen LogP contribution is 2.25. The molecule has 0 bridgehead atoms. The Morgan fingerprint density at radius 1 is 1.35 bits per heavy atom. The second-order valence-electron chi connectivity index (χ2n) is 5.30. The van der Waals surface area contributed by atoms with Gasteiger partial charge in [0, 0.05) is 17.0 Å². The Bertz CT molecular complexity index is 481. The highest BCUT2D eigenvalue weighted by atomic mass is 32.2. The van der Waals surface area contributed by atoms with Gasteiger partial charge in [0.1, 0.15) is 11.6 Å². The minimum Gasteiger partial charge on any atom is -0.352 e. The van der Waals surface area contributed by atoms with Crippen molar-refractivity contribution in [1.29, 1.82) is 0 Å². The quantitative estimate of drug-likeness (QED) is 0.858. The molecular weight excluding hydrogens is 280 g/mol. The molecular formula is C15H19F2NOS. The topological polar surface area (TPSA) is 29.1 Å². The summed E-state index contributed by atoms with van der Waals surface area (Å²) in [7, 11) is 0. The summed E-state index contributed by atoms with van der Waals surface area (Å²) in [6.07, 6.45) is 4.53. The summed E-state index contributed by atoms with van der Waals surface area (Å²) in [5.74, 6) is -0.648. The Balaban J connectivity index is 1.82. The van der Waals surface area contributed by atoms with Crippen LogP contribution in [0, 0.1) is 17.6 Å². The van der Waals surface area contributed by atoms with E-state index in [0.29, 0.717) is 10.8 Å². The Morgan fingerprint density at radius 3 is 2.80 bits per heavy atom. The molecule has 5 heteroatoms. The summed E-state index contributed by atoms with van der Waals surface area (Å²) in [4.78, 5) is 12.2. The molecule has 20 heavy (non-hydrogen) atoms. The van der Waals surface area contributed by atoms with Gasteiger partial charge in [-0.3, -0.25) is 4.79 Å². The van der Waals surface area contributed by atoms with E-state index in [1.165, 1.54) is 18.6 Å². The van der Waals surface area contributed by atoms with Gasteiger partial charge in [-0.05, 0) is 30.9 Å². The molecule has 2 nitrogen and oxygen atoms in total. The average Bonchev–Trinajstić information content (AvgIpc) is 2.40. The van der Waals surface area contributed by atoms with Crippen LogP contribution in [-0.2, 0) is 4.79 Å². The third kappa shape index (κ3) is 4.20. The number of rotatable bonds is 4. The molecule has 1 aromatic rings.